The Kier molecular flexibility index (Phi) is 2.40. The van der Waals surface area contributed by atoms with Crippen LogP contribution in [0.2, 0.25) is 0 Å². The molecule has 1 aromatic heterocycles. The Morgan fingerprint density at radius 2 is 1.78 bits per heavy atom. The first-order valence-corrected chi connectivity index (χ1v) is 8.27. The molecule has 5 rings (SSSR count). The lowest BCUT2D eigenvalue weighted by Gasteiger charge is -2.20. The van der Waals surface area contributed by atoms with Crippen LogP contribution in [0.4, 0.5) is 0 Å². The van der Waals surface area contributed by atoms with Crippen LogP contribution in [-0.2, 0) is 6.42 Å². The van der Waals surface area contributed by atoms with Crippen LogP contribution in [0.25, 0.3) is 28.7 Å². The van der Waals surface area contributed by atoms with Crippen LogP contribution in [0.3, 0.4) is 0 Å². The summed E-state index contributed by atoms with van der Waals surface area (Å²) in [6, 6.07) is 15.5. The summed E-state index contributed by atoms with van der Waals surface area (Å²) < 4.78 is 2.46. The molecule has 0 saturated heterocycles. The van der Waals surface area contributed by atoms with Gasteiger partial charge in [-0.1, -0.05) is 68.5 Å². The van der Waals surface area contributed by atoms with Crippen molar-refractivity contribution in [3.63, 3.8) is 0 Å². The summed E-state index contributed by atoms with van der Waals surface area (Å²) in [6.07, 6.45) is 10.2. The molecule has 1 nitrogen and oxygen atoms in total. The van der Waals surface area contributed by atoms with Gasteiger partial charge in [-0.15, -0.1) is 0 Å². The van der Waals surface area contributed by atoms with Gasteiger partial charge in [-0.05, 0) is 23.3 Å². The molecule has 0 bridgehead atoms. The zero-order valence-corrected chi connectivity index (χ0v) is 13.5. The van der Waals surface area contributed by atoms with Crippen molar-refractivity contribution in [2.75, 3.05) is 0 Å². The topological polar surface area (TPSA) is 4.93 Å². The third-order valence-corrected chi connectivity index (χ3v) is 5.06. The highest BCUT2D eigenvalue weighted by molar-refractivity contribution is 5.89. The number of fused-ring (bicyclic) bond motifs is 5. The Morgan fingerprint density at radius 1 is 0.957 bits per heavy atom. The molecule has 112 valence electrons. The van der Waals surface area contributed by atoms with Gasteiger partial charge in [0.1, 0.15) is 0 Å². The fourth-order valence-corrected chi connectivity index (χ4v) is 4.05. The zero-order valence-electron chi connectivity index (χ0n) is 13.5. The Bertz CT molecular complexity index is 1110. The summed E-state index contributed by atoms with van der Waals surface area (Å²) in [5.41, 5.74) is 5.62. The first kappa shape index (κ1) is 13.0. The average Bonchev–Trinajstić information content (AvgIpc) is 2.73. The molecule has 0 unspecified atom stereocenters. The predicted molar refractivity (Wildman–Crippen MR) is 97.2 cm³/mol. The van der Waals surface area contributed by atoms with Crippen molar-refractivity contribution >= 4 is 23.1 Å². The van der Waals surface area contributed by atoms with E-state index in [1.165, 1.54) is 38.3 Å². The van der Waals surface area contributed by atoms with Crippen LogP contribution < -0.4 is 10.6 Å². The fraction of sp³-hybridized carbons (Fsp3) is 0.182. The van der Waals surface area contributed by atoms with Gasteiger partial charge in [0, 0.05) is 28.1 Å². The quantitative estimate of drug-likeness (QED) is 0.466. The maximum atomic E-state index is 2.46. The molecule has 2 aliphatic rings. The minimum atomic E-state index is 0.0738. The molecular weight excluding hydrogens is 278 g/mol. The van der Waals surface area contributed by atoms with Crippen molar-refractivity contribution < 1.29 is 0 Å². The average molecular weight is 297 g/mol. The molecule has 23 heavy (non-hydrogen) atoms. The maximum absolute atomic E-state index is 2.46. The van der Waals surface area contributed by atoms with Crippen molar-refractivity contribution in [3.05, 3.63) is 76.3 Å². The van der Waals surface area contributed by atoms with E-state index in [0.717, 1.165) is 6.42 Å². The Labute approximate surface area is 135 Å². The Morgan fingerprint density at radius 3 is 2.70 bits per heavy atom. The molecule has 2 aromatic carbocycles. The fourth-order valence-electron chi connectivity index (χ4n) is 4.05. The van der Waals surface area contributed by atoms with E-state index in [4.69, 9.17) is 0 Å². The van der Waals surface area contributed by atoms with Gasteiger partial charge in [0.25, 0.3) is 0 Å². The van der Waals surface area contributed by atoms with Crippen LogP contribution in [0.5, 0.6) is 0 Å². The molecule has 1 heteroatoms. The van der Waals surface area contributed by atoms with Gasteiger partial charge in [-0.25, -0.2) is 0 Å². The molecule has 1 aliphatic carbocycles. The third-order valence-electron chi connectivity index (χ3n) is 5.06. The van der Waals surface area contributed by atoms with Crippen molar-refractivity contribution in [1.29, 1.82) is 0 Å². The number of aromatic nitrogens is 1. The highest BCUT2D eigenvalue weighted by Gasteiger charge is 2.22. The molecule has 1 aliphatic heterocycles. The predicted octanol–water partition coefficient (Wildman–Crippen LogP) is 3.69. The number of allylic oxidation sites excluding steroid dienone is 2. The molecular formula is C22H19N. The number of nitrogens with zero attached hydrogens (tertiary/aromatic N) is 1. The largest absolute Gasteiger partial charge is 0.309 e. The summed E-state index contributed by atoms with van der Waals surface area (Å²) in [5.74, 6) is 0. The first-order valence-electron chi connectivity index (χ1n) is 8.27. The van der Waals surface area contributed by atoms with Crippen LogP contribution in [0, 0.1) is 5.41 Å². The van der Waals surface area contributed by atoms with Crippen molar-refractivity contribution in [2.45, 2.75) is 20.3 Å². The van der Waals surface area contributed by atoms with Gasteiger partial charge in [0.2, 0.25) is 0 Å². The molecule has 2 heterocycles. The van der Waals surface area contributed by atoms with Gasteiger partial charge in [0.05, 0.1) is 10.9 Å². The summed E-state index contributed by atoms with van der Waals surface area (Å²) in [7, 11) is 0. The van der Waals surface area contributed by atoms with Crippen molar-refractivity contribution in [1.82, 2.24) is 4.57 Å². The summed E-state index contributed by atoms with van der Waals surface area (Å²) in [5, 5.41) is 4.05. The number of para-hydroxylation sites is 2. The summed E-state index contributed by atoms with van der Waals surface area (Å²) >= 11 is 0. The second kappa shape index (κ2) is 4.26. The van der Waals surface area contributed by atoms with E-state index >= 15 is 0 Å². The second-order valence-corrected chi connectivity index (χ2v) is 7.24. The number of hydrogen-bond donors (Lipinski definition) is 0. The first-order chi connectivity index (χ1) is 11.1. The molecule has 0 spiro atoms. The monoisotopic (exact) mass is 297 g/mol. The third kappa shape index (κ3) is 1.74. The highest BCUT2D eigenvalue weighted by atomic mass is 15.0. The number of hydrogen-bond acceptors (Lipinski definition) is 0. The highest BCUT2D eigenvalue weighted by Crippen LogP contribution is 2.30. The Balaban J connectivity index is 2.08. The smallest absolute Gasteiger partial charge is 0.0576 e. The molecule has 3 aromatic rings. The molecule has 0 amide bonds. The lowest BCUT2D eigenvalue weighted by Crippen LogP contribution is -2.30. The van der Waals surface area contributed by atoms with Crippen LogP contribution in [0.1, 0.15) is 25.0 Å². The van der Waals surface area contributed by atoms with E-state index < -0.39 is 0 Å². The second-order valence-electron chi connectivity index (χ2n) is 7.24. The SMILES string of the molecule is CC1(C)C=CC=c2c(c3cccc4c3n2-c2ccccc2C4)=C1. The lowest BCUT2D eigenvalue weighted by molar-refractivity contribution is 0.671. The van der Waals surface area contributed by atoms with E-state index in [2.05, 4.69) is 85.2 Å². The van der Waals surface area contributed by atoms with E-state index in [-0.39, 0.29) is 5.41 Å². The zero-order chi connectivity index (χ0) is 15.6. The van der Waals surface area contributed by atoms with E-state index in [9.17, 15) is 0 Å². The minimum Gasteiger partial charge on any atom is -0.309 e. The minimum absolute atomic E-state index is 0.0738. The molecule has 0 saturated carbocycles. The van der Waals surface area contributed by atoms with Crippen LogP contribution >= 0.6 is 0 Å². The van der Waals surface area contributed by atoms with E-state index in [1.54, 1.807) is 0 Å². The van der Waals surface area contributed by atoms with Crippen molar-refractivity contribution in [3.8, 4) is 5.69 Å². The van der Waals surface area contributed by atoms with Gasteiger partial charge in [-0.2, -0.15) is 0 Å². The maximum Gasteiger partial charge on any atom is 0.0576 e. The standard InChI is InChI=1S/C22H19N/c1-22(2)12-6-11-20-18(14-22)17-9-5-8-16-13-15-7-3-4-10-19(15)23(20)21(16)17/h3-12,14H,13H2,1-2H3. The van der Waals surface area contributed by atoms with Gasteiger partial charge in [-0.3, -0.25) is 0 Å². The molecule has 0 fully saturated rings. The molecule has 0 N–H and O–H groups in total. The van der Waals surface area contributed by atoms with Crippen LogP contribution in [0.15, 0.2) is 54.6 Å². The van der Waals surface area contributed by atoms with Crippen molar-refractivity contribution in [2.24, 2.45) is 5.41 Å². The van der Waals surface area contributed by atoms with Gasteiger partial charge < -0.3 is 4.57 Å². The number of rotatable bonds is 0. The number of benzene rings is 2. The van der Waals surface area contributed by atoms with E-state index in [0.29, 0.717) is 0 Å². The van der Waals surface area contributed by atoms with E-state index in [1.807, 2.05) is 0 Å². The normalized spacial score (nSPS) is 17.0. The molecule has 0 atom stereocenters. The van der Waals surface area contributed by atoms with Gasteiger partial charge in [0.15, 0.2) is 0 Å². The van der Waals surface area contributed by atoms with Gasteiger partial charge >= 0.3 is 0 Å². The Hall–Kier alpha value is -2.54. The lowest BCUT2D eigenvalue weighted by atomic mass is 9.92. The molecule has 0 radical (unpaired) electrons. The van der Waals surface area contributed by atoms with Crippen LogP contribution in [-0.4, -0.2) is 4.57 Å². The summed E-state index contributed by atoms with van der Waals surface area (Å²) in [4.78, 5) is 0. The summed E-state index contributed by atoms with van der Waals surface area (Å²) in [6.45, 7) is 4.54.